The van der Waals surface area contributed by atoms with Crippen molar-refractivity contribution in [3.63, 3.8) is 0 Å². The van der Waals surface area contributed by atoms with Gasteiger partial charge >= 0.3 is 5.69 Å². The predicted octanol–water partition coefficient (Wildman–Crippen LogP) is 1.32. The minimum atomic E-state index is -1.41. The number of hydrogen-bond acceptors (Lipinski definition) is 3. The molecule has 0 saturated carbocycles. The molecule has 20 heavy (non-hydrogen) atoms. The maximum Gasteiger partial charge on any atom is 0.331 e. The lowest BCUT2D eigenvalue weighted by Gasteiger charge is -2.16. The highest BCUT2D eigenvalue weighted by atomic mass is 19.1. The number of benzene rings is 1. The van der Waals surface area contributed by atoms with E-state index in [-0.39, 0.29) is 6.42 Å². The first-order chi connectivity index (χ1) is 9.40. The fraction of sp³-hybridized carbons (Fsp3) is 0.231. The van der Waals surface area contributed by atoms with Gasteiger partial charge in [0.05, 0.1) is 0 Å². The zero-order valence-electron chi connectivity index (χ0n) is 10.6. The molecule has 2 rings (SSSR count). The fourth-order valence-corrected chi connectivity index (χ4v) is 1.98. The minimum absolute atomic E-state index is 0.263. The largest absolute Gasteiger partial charge is 0.492 e. The van der Waals surface area contributed by atoms with Crippen LogP contribution < -0.4 is 11.2 Å². The van der Waals surface area contributed by atoms with E-state index in [1.165, 1.54) is 24.3 Å². The second kappa shape index (κ2) is 5.28. The monoisotopic (exact) mass is 282 g/mol. The molecule has 2 N–H and O–H groups in total. The second-order valence-electron chi connectivity index (χ2n) is 4.45. The first-order valence-electron chi connectivity index (χ1n) is 5.88. The third-order valence-corrected chi connectivity index (χ3v) is 2.95. The molecular weight excluding hydrogens is 270 g/mol. The highest BCUT2D eigenvalue weighted by molar-refractivity contribution is 5.18. The molecule has 1 atom stereocenters. The highest BCUT2D eigenvalue weighted by Crippen LogP contribution is 2.18. The standard InChI is InChI=1S/C13H12F2N2O3/c1-7(6-8-2-4-9(14)5-3-8)17-12(19)10(15)11(18)16-13(17)20/h2-5,7,19H,6H2,1H3,(H,16,18,20). The number of rotatable bonds is 3. The Morgan fingerprint density at radius 1 is 1.25 bits per heavy atom. The molecule has 0 aliphatic carbocycles. The van der Waals surface area contributed by atoms with Crippen molar-refractivity contribution in [2.45, 2.75) is 19.4 Å². The number of hydrogen-bond donors (Lipinski definition) is 2. The normalized spacial score (nSPS) is 12.3. The van der Waals surface area contributed by atoms with Gasteiger partial charge in [-0.05, 0) is 31.0 Å². The zero-order chi connectivity index (χ0) is 14.9. The van der Waals surface area contributed by atoms with Crippen molar-refractivity contribution in [3.8, 4) is 5.88 Å². The van der Waals surface area contributed by atoms with Crippen LogP contribution in [0.1, 0.15) is 18.5 Å². The lowest BCUT2D eigenvalue weighted by atomic mass is 10.1. The van der Waals surface area contributed by atoms with Crippen LogP contribution in [0.15, 0.2) is 33.9 Å². The van der Waals surface area contributed by atoms with E-state index in [1.54, 1.807) is 11.9 Å². The molecule has 5 nitrogen and oxygen atoms in total. The van der Waals surface area contributed by atoms with Crippen LogP contribution in [0.25, 0.3) is 0 Å². The molecular formula is C13H12F2N2O3. The first-order valence-corrected chi connectivity index (χ1v) is 5.88. The van der Waals surface area contributed by atoms with Gasteiger partial charge in [-0.1, -0.05) is 12.1 Å². The first kappa shape index (κ1) is 14.0. The summed E-state index contributed by atoms with van der Waals surface area (Å²) in [5.41, 5.74) is -1.46. The van der Waals surface area contributed by atoms with Gasteiger partial charge in [-0.15, -0.1) is 0 Å². The molecule has 0 aliphatic heterocycles. The Morgan fingerprint density at radius 3 is 2.45 bits per heavy atom. The van der Waals surface area contributed by atoms with Gasteiger partial charge in [0, 0.05) is 6.04 Å². The van der Waals surface area contributed by atoms with Crippen LogP contribution in [-0.2, 0) is 6.42 Å². The van der Waals surface area contributed by atoms with Crippen LogP contribution >= 0.6 is 0 Å². The van der Waals surface area contributed by atoms with Crippen LogP contribution in [0.5, 0.6) is 5.88 Å². The molecule has 0 radical (unpaired) electrons. The van der Waals surface area contributed by atoms with E-state index in [0.717, 1.165) is 4.57 Å². The van der Waals surface area contributed by atoms with Crippen molar-refractivity contribution >= 4 is 0 Å². The molecule has 0 saturated heterocycles. The van der Waals surface area contributed by atoms with Gasteiger partial charge in [0.25, 0.3) is 5.56 Å². The summed E-state index contributed by atoms with van der Waals surface area (Å²) in [4.78, 5) is 24.4. The van der Waals surface area contributed by atoms with E-state index in [1.807, 2.05) is 0 Å². The van der Waals surface area contributed by atoms with Crippen molar-refractivity contribution in [3.05, 3.63) is 62.3 Å². The molecule has 0 spiro atoms. The van der Waals surface area contributed by atoms with Crippen LogP contribution in [0.3, 0.4) is 0 Å². The average molecular weight is 282 g/mol. The van der Waals surface area contributed by atoms with Crippen LogP contribution in [0, 0.1) is 11.6 Å². The van der Waals surface area contributed by atoms with E-state index in [2.05, 4.69) is 0 Å². The van der Waals surface area contributed by atoms with Crippen LogP contribution in [0.4, 0.5) is 8.78 Å². The van der Waals surface area contributed by atoms with E-state index < -0.39 is 34.8 Å². The molecule has 0 aliphatic rings. The fourth-order valence-electron chi connectivity index (χ4n) is 1.98. The Labute approximate surface area is 112 Å². The molecule has 106 valence electrons. The number of nitrogens with zero attached hydrogens (tertiary/aromatic N) is 1. The van der Waals surface area contributed by atoms with Crippen molar-refractivity contribution in [2.24, 2.45) is 0 Å². The Hall–Kier alpha value is -2.44. The van der Waals surface area contributed by atoms with Gasteiger partial charge < -0.3 is 5.11 Å². The number of nitrogens with one attached hydrogen (secondary N) is 1. The lowest BCUT2D eigenvalue weighted by Crippen LogP contribution is -2.34. The summed E-state index contributed by atoms with van der Waals surface area (Å²) in [6.45, 7) is 1.57. The topological polar surface area (TPSA) is 75.1 Å². The summed E-state index contributed by atoms with van der Waals surface area (Å²) in [7, 11) is 0. The molecule has 1 unspecified atom stereocenters. The summed E-state index contributed by atoms with van der Waals surface area (Å²) in [6.07, 6.45) is 0.263. The summed E-state index contributed by atoms with van der Waals surface area (Å²) >= 11 is 0. The Bertz CT molecular complexity index is 735. The van der Waals surface area contributed by atoms with Crippen molar-refractivity contribution in [1.29, 1.82) is 0 Å². The third-order valence-electron chi connectivity index (χ3n) is 2.95. The van der Waals surface area contributed by atoms with E-state index >= 15 is 0 Å². The molecule has 0 amide bonds. The summed E-state index contributed by atoms with van der Waals surface area (Å²) in [5, 5.41) is 9.56. The Balaban J connectivity index is 2.37. The minimum Gasteiger partial charge on any atom is -0.492 e. The van der Waals surface area contributed by atoms with Gasteiger partial charge in [-0.2, -0.15) is 4.39 Å². The van der Waals surface area contributed by atoms with Gasteiger partial charge in [0.2, 0.25) is 11.7 Å². The molecule has 1 aromatic heterocycles. The number of aromatic amines is 1. The molecule has 0 bridgehead atoms. The maximum absolute atomic E-state index is 13.3. The molecule has 1 aromatic carbocycles. The SMILES string of the molecule is CC(Cc1ccc(F)cc1)n1c(O)c(F)c(=O)[nH]c1=O. The molecule has 0 fully saturated rings. The average Bonchev–Trinajstić information content (AvgIpc) is 2.39. The maximum atomic E-state index is 13.3. The van der Waals surface area contributed by atoms with Crippen molar-refractivity contribution in [2.75, 3.05) is 0 Å². The predicted molar refractivity (Wildman–Crippen MR) is 67.8 cm³/mol. The van der Waals surface area contributed by atoms with E-state index in [9.17, 15) is 23.5 Å². The smallest absolute Gasteiger partial charge is 0.331 e. The second-order valence-corrected chi connectivity index (χ2v) is 4.45. The Kier molecular flexibility index (Phi) is 3.69. The summed E-state index contributed by atoms with van der Waals surface area (Å²) < 4.78 is 26.9. The van der Waals surface area contributed by atoms with Gasteiger partial charge in [-0.3, -0.25) is 14.3 Å². The van der Waals surface area contributed by atoms with Crippen molar-refractivity contribution in [1.82, 2.24) is 9.55 Å². The molecule has 2 aromatic rings. The van der Waals surface area contributed by atoms with Crippen molar-refractivity contribution < 1.29 is 13.9 Å². The van der Waals surface area contributed by atoms with Gasteiger partial charge in [0.1, 0.15) is 5.82 Å². The number of aromatic nitrogens is 2. The highest BCUT2D eigenvalue weighted by Gasteiger charge is 2.18. The summed E-state index contributed by atoms with van der Waals surface area (Å²) in [6, 6.07) is 4.96. The summed E-state index contributed by atoms with van der Waals surface area (Å²) in [5.74, 6) is -2.81. The zero-order valence-corrected chi connectivity index (χ0v) is 10.6. The van der Waals surface area contributed by atoms with Gasteiger partial charge in [0.15, 0.2) is 0 Å². The number of H-pyrrole nitrogens is 1. The van der Waals surface area contributed by atoms with Gasteiger partial charge in [-0.25, -0.2) is 9.18 Å². The van der Waals surface area contributed by atoms with Crippen LogP contribution in [0.2, 0.25) is 0 Å². The quantitative estimate of drug-likeness (QED) is 0.891. The lowest BCUT2D eigenvalue weighted by molar-refractivity contribution is 0.337. The molecule has 1 heterocycles. The number of halogens is 2. The molecule has 7 heteroatoms. The van der Waals surface area contributed by atoms with Crippen LogP contribution in [-0.4, -0.2) is 14.7 Å². The third kappa shape index (κ3) is 2.61. The van der Waals surface area contributed by atoms with E-state index in [0.29, 0.717) is 5.56 Å². The number of aromatic hydroxyl groups is 1. The van der Waals surface area contributed by atoms with E-state index in [4.69, 9.17) is 0 Å². The Morgan fingerprint density at radius 2 is 1.85 bits per heavy atom.